The number of nitrogens with one attached hydrogen (secondary N) is 1. The lowest BCUT2D eigenvalue weighted by Crippen LogP contribution is -2.51. The van der Waals surface area contributed by atoms with Gasteiger partial charge in [0.1, 0.15) is 6.04 Å². The monoisotopic (exact) mass is 338 g/mol. The van der Waals surface area contributed by atoms with Crippen molar-refractivity contribution in [3.63, 3.8) is 0 Å². The molecule has 0 saturated heterocycles. The molecule has 5 nitrogen and oxygen atoms in total. The normalized spacial score (nSPS) is 15.6. The lowest BCUT2D eigenvalue weighted by Gasteiger charge is -2.28. The summed E-state index contributed by atoms with van der Waals surface area (Å²) in [5.74, 6) is -0.366. The highest BCUT2D eigenvalue weighted by Gasteiger charge is 2.36. The van der Waals surface area contributed by atoms with Crippen LogP contribution in [0.2, 0.25) is 0 Å². The number of hydrogen-bond acceptors (Lipinski definition) is 3. The molecule has 1 heterocycles. The lowest BCUT2D eigenvalue weighted by molar-refractivity contribution is -0.126. The molecule has 2 atom stereocenters. The van der Waals surface area contributed by atoms with Crippen LogP contribution in [0.4, 0.5) is 0 Å². The van der Waals surface area contributed by atoms with Gasteiger partial charge in [0.05, 0.1) is 6.61 Å². The second-order valence-corrected chi connectivity index (χ2v) is 6.39. The number of nitrogens with zero attached hydrogens (tertiary/aromatic N) is 1. The van der Waals surface area contributed by atoms with Gasteiger partial charge in [0, 0.05) is 24.6 Å². The Morgan fingerprint density at radius 3 is 2.52 bits per heavy atom. The van der Waals surface area contributed by atoms with Crippen LogP contribution in [0.25, 0.3) is 0 Å². The van der Waals surface area contributed by atoms with E-state index in [0.29, 0.717) is 18.5 Å². The Morgan fingerprint density at radius 1 is 1.16 bits per heavy atom. The third kappa shape index (κ3) is 3.72. The maximum absolute atomic E-state index is 12.8. The largest absolute Gasteiger partial charge is 0.394 e. The van der Waals surface area contributed by atoms with Crippen molar-refractivity contribution in [1.29, 1.82) is 0 Å². The number of aliphatic hydroxyl groups is 1. The average Bonchev–Trinajstić information content (AvgIpc) is 2.97. The van der Waals surface area contributed by atoms with Gasteiger partial charge in [-0.3, -0.25) is 9.59 Å². The molecule has 0 aliphatic carbocycles. The fourth-order valence-electron chi connectivity index (χ4n) is 3.10. The van der Waals surface area contributed by atoms with E-state index in [4.69, 9.17) is 0 Å². The lowest BCUT2D eigenvalue weighted by atomic mass is 10.0. The standard InChI is InChI=1S/C20H22N2O3/c1-14(13-23)21-19(24)18(11-15-7-3-2-4-8-15)22-12-16-9-5-6-10-17(16)20(22)25/h2-10,14,18,23H,11-13H2,1H3,(H,21,24)/t14-,18-/m0/s1. The number of rotatable bonds is 6. The van der Waals surface area contributed by atoms with Crippen LogP contribution in [0.1, 0.15) is 28.4 Å². The number of benzene rings is 2. The van der Waals surface area contributed by atoms with Crippen LogP contribution in [-0.2, 0) is 17.8 Å². The zero-order valence-electron chi connectivity index (χ0n) is 14.2. The molecule has 0 fully saturated rings. The van der Waals surface area contributed by atoms with Crippen molar-refractivity contribution < 1.29 is 14.7 Å². The summed E-state index contributed by atoms with van der Waals surface area (Å²) in [5.41, 5.74) is 2.58. The van der Waals surface area contributed by atoms with E-state index in [2.05, 4.69) is 5.32 Å². The molecule has 2 aromatic carbocycles. The van der Waals surface area contributed by atoms with Gasteiger partial charge in [-0.2, -0.15) is 0 Å². The number of fused-ring (bicyclic) bond motifs is 1. The fourth-order valence-corrected chi connectivity index (χ4v) is 3.10. The van der Waals surface area contributed by atoms with Gasteiger partial charge >= 0.3 is 0 Å². The van der Waals surface area contributed by atoms with Gasteiger partial charge in [-0.25, -0.2) is 0 Å². The Morgan fingerprint density at radius 2 is 1.84 bits per heavy atom. The number of carbonyl (C=O) groups is 2. The number of amides is 2. The summed E-state index contributed by atoms with van der Waals surface area (Å²) < 4.78 is 0. The van der Waals surface area contributed by atoms with Gasteiger partial charge < -0.3 is 15.3 Å². The van der Waals surface area contributed by atoms with E-state index in [9.17, 15) is 14.7 Å². The third-order valence-corrected chi connectivity index (χ3v) is 4.46. The fraction of sp³-hybridized carbons (Fsp3) is 0.300. The summed E-state index contributed by atoms with van der Waals surface area (Å²) in [6, 6.07) is 16.1. The summed E-state index contributed by atoms with van der Waals surface area (Å²) in [6.07, 6.45) is 0.435. The summed E-state index contributed by atoms with van der Waals surface area (Å²) in [7, 11) is 0. The maximum atomic E-state index is 12.8. The summed E-state index contributed by atoms with van der Waals surface area (Å²) in [4.78, 5) is 27.2. The predicted octanol–water partition coefficient (Wildman–Crippen LogP) is 1.75. The minimum absolute atomic E-state index is 0.122. The van der Waals surface area contributed by atoms with E-state index in [1.54, 1.807) is 17.9 Å². The van der Waals surface area contributed by atoms with E-state index in [1.165, 1.54) is 0 Å². The minimum Gasteiger partial charge on any atom is -0.394 e. The first-order valence-electron chi connectivity index (χ1n) is 8.44. The van der Waals surface area contributed by atoms with Crippen LogP contribution < -0.4 is 5.32 Å². The number of carbonyl (C=O) groups excluding carboxylic acids is 2. The molecule has 2 N–H and O–H groups in total. The smallest absolute Gasteiger partial charge is 0.255 e. The van der Waals surface area contributed by atoms with Crippen LogP contribution >= 0.6 is 0 Å². The second kappa shape index (κ2) is 7.49. The molecule has 1 aliphatic rings. The molecule has 5 heteroatoms. The molecule has 0 saturated carbocycles. The quantitative estimate of drug-likeness (QED) is 0.843. The van der Waals surface area contributed by atoms with E-state index >= 15 is 0 Å². The zero-order chi connectivity index (χ0) is 17.8. The molecule has 0 unspecified atom stereocenters. The molecular weight excluding hydrogens is 316 g/mol. The highest BCUT2D eigenvalue weighted by molar-refractivity contribution is 6.01. The van der Waals surface area contributed by atoms with Crippen LogP contribution in [-0.4, -0.2) is 40.5 Å². The van der Waals surface area contributed by atoms with Gasteiger partial charge in [0.15, 0.2) is 0 Å². The van der Waals surface area contributed by atoms with Gasteiger partial charge in [0.25, 0.3) is 5.91 Å². The van der Waals surface area contributed by atoms with Crippen molar-refractivity contribution in [1.82, 2.24) is 10.2 Å². The molecule has 130 valence electrons. The Labute approximate surface area is 147 Å². The van der Waals surface area contributed by atoms with Crippen molar-refractivity contribution in [2.45, 2.75) is 32.0 Å². The SMILES string of the molecule is C[C@@H](CO)NC(=O)[C@H](Cc1ccccc1)N1Cc2ccccc2C1=O. The van der Waals surface area contributed by atoms with Gasteiger partial charge in [-0.05, 0) is 24.1 Å². The molecule has 0 radical (unpaired) electrons. The van der Waals surface area contributed by atoms with Gasteiger partial charge in [0.2, 0.25) is 5.91 Å². The summed E-state index contributed by atoms with van der Waals surface area (Å²) in [6.45, 7) is 2.02. The zero-order valence-corrected chi connectivity index (χ0v) is 14.2. The Balaban J connectivity index is 1.86. The van der Waals surface area contributed by atoms with Crippen molar-refractivity contribution in [3.05, 3.63) is 71.3 Å². The molecule has 25 heavy (non-hydrogen) atoms. The van der Waals surface area contributed by atoms with Crippen LogP contribution in [0, 0.1) is 0 Å². The Bertz CT molecular complexity index is 761. The van der Waals surface area contributed by atoms with Crippen molar-refractivity contribution in [2.24, 2.45) is 0 Å². The highest BCUT2D eigenvalue weighted by atomic mass is 16.3. The maximum Gasteiger partial charge on any atom is 0.255 e. The van der Waals surface area contributed by atoms with E-state index in [1.807, 2.05) is 48.5 Å². The molecule has 1 aliphatic heterocycles. The molecule has 2 aromatic rings. The highest BCUT2D eigenvalue weighted by Crippen LogP contribution is 2.26. The van der Waals surface area contributed by atoms with E-state index in [-0.39, 0.29) is 24.5 Å². The molecule has 0 bridgehead atoms. The Hall–Kier alpha value is -2.66. The first-order valence-corrected chi connectivity index (χ1v) is 8.44. The van der Waals surface area contributed by atoms with Crippen LogP contribution in [0.5, 0.6) is 0 Å². The number of aliphatic hydroxyl groups excluding tert-OH is 1. The second-order valence-electron chi connectivity index (χ2n) is 6.39. The van der Waals surface area contributed by atoms with Crippen molar-refractivity contribution in [2.75, 3.05) is 6.61 Å². The van der Waals surface area contributed by atoms with Gasteiger partial charge in [-0.1, -0.05) is 48.5 Å². The van der Waals surface area contributed by atoms with Gasteiger partial charge in [-0.15, -0.1) is 0 Å². The van der Waals surface area contributed by atoms with Crippen LogP contribution in [0.3, 0.4) is 0 Å². The average molecular weight is 338 g/mol. The Kier molecular flexibility index (Phi) is 5.14. The van der Waals surface area contributed by atoms with Crippen molar-refractivity contribution in [3.8, 4) is 0 Å². The number of hydrogen-bond donors (Lipinski definition) is 2. The molecule has 3 rings (SSSR count). The predicted molar refractivity (Wildman–Crippen MR) is 94.9 cm³/mol. The van der Waals surface area contributed by atoms with E-state index < -0.39 is 6.04 Å². The molecule has 0 aromatic heterocycles. The minimum atomic E-state index is -0.615. The van der Waals surface area contributed by atoms with E-state index in [0.717, 1.165) is 11.1 Å². The molecular formula is C20H22N2O3. The molecule has 2 amide bonds. The first-order chi connectivity index (χ1) is 12.1. The first kappa shape index (κ1) is 17.2. The van der Waals surface area contributed by atoms with Crippen LogP contribution in [0.15, 0.2) is 54.6 Å². The topological polar surface area (TPSA) is 69.6 Å². The molecule has 0 spiro atoms. The summed E-state index contributed by atoms with van der Waals surface area (Å²) >= 11 is 0. The third-order valence-electron chi connectivity index (χ3n) is 4.46. The van der Waals surface area contributed by atoms with Crippen molar-refractivity contribution >= 4 is 11.8 Å². The summed E-state index contributed by atoms with van der Waals surface area (Å²) in [5, 5.41) is 12.0.